The summed E-state index contributed by atoms with van der Waals surface area (Å²) < 4.78 is 28.6. The lowest BCUT2D eigenvalue weighted by Gasteiger charge is -2.28. The van der Waals surface area contributed by atoms with Crippen molar-refractivity contribution in [3.05, 3.63) is 89.0 Å². The molecular formula is C29H33N3O4S. The summed E-state index contributed by atoms with van der Waals surface area (Å²) in [5, 5.41) is 2.80. The van der Waals surface area contributed by atoms with E-state index < -0.39 is 22.5 Å². The first-order valence-corrected chi connectivity index (χ1v) is 14.0. The maximum Gasteiger partial charge on any atom is 0.264 e. The van der Waals surface area contributed by atoms with E-state index in [4.69, 9.17) is 0 Å². The van der Waals surface area contributed by atoms with Gasteiger partial charge in [0.2, 0.25) is 5.91 Å². The number of anilines is 2. The van der Waals surface area contributed by atoms with Crippen molar-refractivity contribution in [3.63, 3.8) is 0 Å². The Hall–Kier alpha value is -3.65. The summed E-state index contributed by atoms with van der Waals surface area (Å²) in [6.07, 6.45) is 3.02. The lowest BCUT2D eigenvalue weighted by molar-refractivity contribution is -0.114. The molecule has 3 aromatic rings. The highest BCUT2D eigenvalue weighted by atomic mass is 32.2. The Morgan fingerprint density at radius 2 is 1.51 bits per heavy atom. The van der Waals surface area contributed by atoms with E-state index in [1.165, 1.54) is 0 Å². The Labute approximate surface area is 219 Å². The fraction of sp³-hybridized carbons (Fsp3) is 0.310. The number of hydrogen-bond acceptors (Lipinski definition) is 4. The Morgan fingerprint density at radius 3 is 2.19 bits per heavy atom. The van der Waals surface area contributed by atoms with Crippen molar-refractivity contribution in [2.24, 2.45) is 0 Å². The summed E-state index contributed by atoms with van der Waals surface area (Å²) in [5.74, 6) is -0.663. The number of carbonyl (C=O) groups excluding carboxylic acids is 2. The number of amides is 2. The van der Waals surface area contributed by atoms with E-state index in [2.05, 4.69) is 5.32 Å². The van der Waals surface area contributed by atoms with Crippen LogP contribution in [0, 0.1) is 20.8 Å². The number of sulfonamides is 1. The van der Waals surface area contributed by atoms with Gasteiger partial charge in [0.25, 0.3) is 15.9 Å². The number of carbonyl (C=O) groups is 2. The molecule has 1 heterocycles. The van der Waals surface area contributed by atoms with E-state index in [9.17, 15) is 18.0 Å². The standard InChI is InChI=1S/C29H33N3O4S/c1-21-11-14-24(15-12-21)37(35,36)32(27-16-13-22(2)19-23(27)3)20-28(33)30-26-10-6-5-9-25(26)29(34)31-17-7-4-8-18-31/h5-6,9-16,19H,4,7-8,17-18,20H2,1-3H3,(H,30,33). The van der Waals surface area contributed by atoms with Gasteiger partial charge in [-0.05, 0) is 75.9 Å². The van der Waals surface area contributed by atoms with Crippen molar-refractivity contribution in [2.45, 2.75) is 44.9 Å². The van der Waals surface area contributed by atoms with Crippen LogP contribution in [0.2, 0.25) is 0 Å². The molecule has 0 atom stereocenters. The lowest BCUT2D eigenvalue weighted by atomic mass is 10.1. The van der Waals surface area contributed by atoms with Crippen LogP contribution in [-0.2, 0) is 14.8 Å². The van der Waals surface area contributed by atoms with Gasteiger partial charge >= 0.3 is 0 Å². The second-order valence-electron chi connectivity index (χ2n) is 9.56. The number of nitrogens with one attached hydrogen (secondary N) is 1. The minimum absolute atomic E-state index is 0.103. The molecule has 3 aromatic carbocycles. The van der Waals surface area contributed by atoms with Crippen molar-refractivity contribution in [1.29, 1.82) is 0 Å². The van der Waals surface area contributed by atoms with Crippen LogP contribution in [0.5, 0.6) is 0 Å². The largest absolute Gasteiger partial charge is 0.339 e. The summed E-state index contributed by atoms with van der Waals surface area (Å²) in [7, 11) is -4.04. The zero-order valence-corrected chi connectivity index (χ0v) is 22.3. The number of benzene rings is 3. The first kappa shape index (κ1) is 26.4. The number of hydrogen-bond donors (Lipinski definition) is 1. The predicted molar refractivity (Wildman–Crippen MR) is 146 cm³/mol. The van der Waals surface area contributed by atoms with Crippen molar-refractivity contribution in [1.82, 2.24) is 4.90 Å². The molecule has 8 heteroatoms. The first-order chi connectivity index (χ1) is 17.7. The molecule has 0 bridgehead atoms. The van der Waals surface area contributed by atoms with E-state index in [1.54, 1.807) is 59.5 Å². The number of aryl methyl sites for hydroxylation is 3. The van der Waals surface area contributed by atoms with Crippen LogP contribution in [-0.4, -0.2) is 44.8 Å². The van der Waals surface area contributed by atoms with E-state index in [1.807, 2.05) is 32.9 Å². The summed E-state index contributed by atoms with van der Waals surface area (Å²) in [5.41, 5.74) is 3.87. The Balaban J connectivity index is 1.64. The van der Waals surface area contributed by atoms with Gasteiger partial charge in [-0.15, -0.1) is 0 Å². The van der Waals surface area contributed by atoms with Gasteiger partial charge in [0.1, 0.15) is 6.54 Å². The van der Waals surface area contributed by atoms with E-state index >= 15 is 0 Å². The number of likely N-dealkylation sites (tertiary alicyclic amines) is 1. The normalized spacial score (nSPS) is 13.8. The molecule has 0 radical (unpaired) electrons. The molecule has 0 saturated carbocycles. The molecule has 0 aromatic heterocycles. The molecule has 1 saturated heterocycles. The predicted octanol–water partition coefficient (Wildman–Crippen LogP) is 5.07. The fourth-order valence-corrected chi connectivity index (χ4v) is 6.07. The Morgan fingerprint density at radius 1 is 0.865 bits per heavy atom. The van der Waals surface area contributed by atoms with Gasteiger partial charge < -0.3 is 10.2 Å². The molecule has 1 aliphatic heterocycles. The molecule has 0 unspecified atom stereocenters. The summed E-state index contributed by atoms with van der Waals surface area (Å²) in [6.45, 7) is 6.58. The van der Waals surface area contributed by atoms with Crippen LogP contribution >= 0.6 is 0 Å². The van der Waals surface area contributed by atoms with Crippen molar-refractivity contribution in [3.8, 4) is 0 Å². The number of para-hydroxylation sites is 1. The number of piperidine rings is 1. The lowest BCUT2D eigenvalue weighted by Crippen LogP contribution is -2.39. The molecule has 194 valence electrons. The van der Waals surface area contributed by atoms with Gasteiger partial charge in [-0.3, -0.25) is 13.9 Å². The van der Waals surface area contributed by atoms with Crippen LogP contribution in [0.1, 0.15) is 46.3 Å². The molecule has 1 fully saturated rings. The molecule has 0 aliphatic carbocycles. The molecule has 1 aliphatic rings. The van der Waals surface area contributed by atoms with E-state index in [0.29, 0.717) is 30.0 Å². The van der Waals surface area contributed by atoms with Crippen LogP contribution in [0.4, 0.5) is 11.4 Å². The highest BCUT2D eigenvalue weighted by molar-refractivity contribution is 7.92. The van der Waals surface area contributed by atoms with Gasteiger partial charge in [-0.2, -0.15) is 0 Å². The van der Waals surface area contributed by atoms with Crippen LogP contribution in [0.3, 0.4) is 0 Å². The minimum Gasteiger partial charge on any atom is -0.339 e. The second kappa shape index (κ2) is 11.2. The summed E-state index contributed by atoms with van der Waals surface area (Å²) >= 11 is 0. The van der Waals surface area contributed by atoms with Gasteiger partial charge in [-0.1, -0.05) is 47.5 Å². The number of nitrogens with zero attached hydrogens (tertiary/aromatic N) is 2. The molecule has 7 nitrogen and oxygen atoms in total. The third-order valence-electron chi connectivity index (χ3n) is 6.59. The van der Waals surface area contributed by atoms with Gasteiger partial charge in [-0.25, -0.2) is 8.42 Å². The third kappa shape index (κ3) is 6.02. The Kier molecular flexibility index (Phi) is 7.97. The SMILES string of the molecule is Cc1ccc(S(=O)(=O)N(CC(=O)Nc2ccccc2C(=O)N2CCCCC2)c2ccc(C)cc2C)cc1. The second-order valence-corrected chi connectivity index (χ2v) is 11.4. The van der Waals surface area contributed by atoms with E-state index in [-0.39, 0.29) is 10.8 Å². The minimum atomic E-state index is -4.04. The fourth-order valence-electron chi connectivity index (χ4n) is 4.59. The smallest absolute Gasteiger partial charge is 0.264 e. The first-order valence-electron chi connectivity index (χ1n) is 12.5. The molecular weight excluding hydrogens is 486 g/mol. The molecule has 0 spiro atoms. The molecule has 4 rings (SSSR count). The van der Waals surface area contributed by atoms with Gasteiger partial charge in [0, 0.05) is 13.1 Å². The highest BCUT2D eigenvalue weighted by Gasteiger charge is 2.29. The average Bonchev–Trinajstić information content (AvgIpc) is 2.88. The zero-order chi connectivity index (χ0) is 26.6. The van der Waals surface area contributed by atoms with Crippen molar-refractivity contribution >= 4 is 33.2 Å². The highest BCUT2D eigenvalue weighted by Crippen LogP contribution is 2.28. The van der Waals surface area contributed by atoms with Crippen molar-refractivity contribution < 1.29 is 18.0 Å². The third-order valence-corrected chi connectivity index (χ3v) is 8.37. The zero-order valence-electron chi connectivity index (χ0n) is 21.5. The molecule has 1 N–H and O–H groups in total. The maximum atomic E-state index is 13.7. The van der Waals surface area contributed by atoms with Gasteiger partial charge in [0.05, 0.1) is 21.8 Å². The Bertz CT molecular complexity index is 1390. The van der Waals surface area contributed by atoms with Crippen LogP contribution in [0.15, 0.2) is 71.6 Å². The summed E-state index contributed by atoms with van der Waals surface area (Å²) in [6, 6.07) is 18.9. The van der Waals surface area contributed by atoms with Crippen LogP contribution in [0.25, 0.3) is 0 Å². The molecule has 37 heavy (non-hydrogen) atoms. The van der Waals surface area contributed by atoms with Crippen LogP contribution < -0.4 is 9.62 Å². The topological polar surface area (TPSA) is 86.8 Å². The van der Waals surface area contributed by atoms with Crippen molar-refractivity contribution in [2.75, 3.05) is 29.3 Å². The monoisotopic (exact) mass is 519 g/mol. The summed E-state index contributed by atoms with van der Waals surface area (Å²) in [4.78, 5) is 28.4. The average molecular weight is 520 g/mol. The number of rotatable bonds is 7. The quantitative estimate of drug-likeness (QED) is 0.472. The molecule has 2 amide bonds. The van der Waals surface area contributed by atoms with E-state index in [0.717, 1.165) is 40.3 Å². The van der Waals surface area contributed by atoms with Gasteiger partial charge in [0.15, 0.2) is 0 Å². The maximum absolute atomic E-state index is 13.7.